The van der Waals surface area contributed by atoms with Crippen LogP contribution in [0.5, 0.6) is 0 Å². The molecule has 0 spiro atoms. The molecule has 1 atom stereocenters. The fraction of sp³-hybridized carbons (Fsp3) is 0.435. The van der Waals surface area contributed by atoms with Gasteiger partial charge in [-0.25, -0.2) is 4.79 Å². The van der Waals surface area contributed by atoms with Crippen molar-refractivity contribution in [3.63, 3.8) is 0 Å². The zero-order chi connectivity index (χ0) is 22.5. The number of hydrogen-bond acceptors (Lipinski definition) is 6. The Hall–Kier alpha value is -2.71. The summed E-state index contributed by atoms with van der Waals surface area (Å²) in [6, 6.07) is 7.59. The van der Waals surface area contributed by atoms with Crippen LogP contribution in [-0.2, 0) is 14.3 Å². The number of esters is 1. The van der Waals surface area contributed by atoms with Crippen molar-refractivity contribution >= 4 is 34.1 Å². The summed E-state index contributed by atoms with van der Waals surface area (Å²) in [6.07, 6.45) is 1.62. The number of aryl methyl sites for hydroxylation is 1. The van der Waals surface area contributed by atoms with Crippen LogP contribution in [0.3, 0.4) is 0 Å². The zero-order valence-corrected chi connectivity index (χ0v) is 19.3. The second-order valence-electron chi connectivity index (χ2n) is 7.85. The summed E-state index contributed by atoms with van der Waals surface area (Å²) in [5, 5.41) is 5.21. The van der Waals surface area contributed by atoms with Crippen LogP contribution >= 0.6 is 11.3 Å². The van der Waals surface area contributed by atoms with Crippen molar-refractivity contribution in [1.29, 1.82) is 0 Å². The van der Waals surface area contributed by atoms with Gasteiger partial charge >= 0.3 is 5.97 Å². The lowest BCUT2D eigenvalue weighted by molar-refractivity contribution is -0.133. The molecule has 1 aromatic heterocycles. The molecule has 1 aromatic carbocycles. The van der Waals surface area contributed by atoms with E-state index in [0.717, 1.165) is 29.5 Å². The number of likely N-dealkylation sites (N-methyl/N-ethyl adjacent to an activating group) is 1. The smallest absolute Gasteiger partial charge is 0.341 e. The molecule has 31 heavy (non-hydrogen) atoms. The molecule has 0 saturated carbocycles. The first-order chi connectivity index (χ1) is 14.8. The molecule has 2 amide bonds. The highest BCUT2D eigenvalue weighted by Crippen LogP contribution is 2.36. The monoisotopic (exact) mass is 443 g/mol. The van der Waals surface area contributed by atoms with Crippen LogP contribution in [0.4, 0.5) is 5.00 Å². The molecular formula is C23H29N3O4S. The molecule has 8 heteroatoms. The van der Waals surface area contributed by atoms with E-state index in [2.05, 4.69) is 5.32 Å². The molecule has 1 fully saturated rings. The molecule has 1 saturated heterocycles. The van der Waals surface area contributed by atoms with Gasteiger partial charge in [0.25, 0.3) is 0 Å². The second-order valence-corrected chi connectivity index (χ2v) is 8.73. The van der Waals surface area contributed by atoms with Gasteiger partial charge in [0.1, 0.15) is 10.6 Å². The Labute approximate surface area is 187 Å². The summed E-state index contributed by atoms with van der Waals surface area (Å²) in [7, 11) is 3.45. The first-order valence-electron chi connectivity index (χ1n) is 10.4. The normalized spacial score (nSPS) is 16.2. The molecule has 0 radical (unpaired) electrons. The highest BCUT2D eigenvalue weighted by atomic mass is 32.1. The lowest BCUT2D eigenvalue weighted by Crippen LogP contribution is -2.45. The van der Waals surface area contributed by atoms with Gasteiger partial charge in [-0.05, 0) is 38.8 Å². The van der Waals surface area contributed by atoms with Crippen LogP contribution in [-0.4, -0.2) is 67.4 Å². The van der Waals surface area contributed by atoms with Gasteiger partial charge in [0.05, 0.1) is 19.2 Å². The minimum Gasteiger partial charge on any atom is -0.462 e. The lowest BCUT2D eigenvalue weighted by atomic mass is 10.0. The number of carbonyl (C=O) groups is 3. The van der Waals surface area contributed by atoms with Crippen molar-refractivity contribution in [3.8, 4) is 11.1 Å². The molecule has 1 aliphatic heterocycles. The van der Waals surface area contributed by atoms with Crippen molar-refractivity contribution in [1.82, 2.24) is 9.80 Å². The van der Waals surface area contributed by atoms with E-state index in [4.69, 9.17) is 4.74 Å². The summed E-state index contributed by atoms with van der Waals surface area (Å²) in [4.78, 5) is 41.4. The number of hydrogen-bond donors (Lipinski definition) is 1. The first-order valence-corrected chi connectivity index (χ1v) is 11.3. The standard InChI is InChI=1S/C23H29N3O4S/c1-5-30-23(29)20-17(16-10-8-15(2)9-11-16)14-31-21(20)24-19(27)13-26-12-6-7-18(26)22(28)25(3)4/h8-11,14,18H,5-7,12-13H2,1-4H3,(H,24,27). The predicted molar refractivity (Wildman–Crippen MR) is 122 cm³/mol. The Bertz CT molecular complexity index is 952. The average molecular weight is 444 g/mol. The van der Waals surface area contributed by atoms with Gasteiger partial charge in [-0.2, -0.15) is 0 Å². The molecule has 1 unspecified atom stereocenters. The van der Waals surface area contributed by atoms with E-state index in [-0.39, 0.29) is 31.0 Å². The van der Waals surface area contributed by atoms with Crippen molar-refractivity contribution in [2.75, 3.05) is 39.1 Å². The number of likely N-dealkylation sites (tertiary alicyclic amines) is 1. The predicted octanol–water partition coefficient (Wildman–Crippen LogP) is 3.39. The van der Waals surface area contributed by atoms with Crippen LogP contribution < -0.4 is 5.32 Å². The topological polar surface area (TPSA) is 79.0 Å². The van der Waals surface area contributed by atoms with E-state index in [1.807, 2.05) is 41.5 Å². The van der Waals surface area contributed by atoms with Gasteiger partial charge in [-0.3, -0.25) is 14.5 Å². The van der Waals surface area contributed by atoms with E-state index in [1.54, 1.807) is 25.9 Å². The number of carbonyl (C=O) groups excluding carboxylic acids is 3. The van der Waals surface area contributed by atoms with Gasteiger partial charge in [0.2, 0.25) is 11.8 Å². The summed E-state index contributed by atoms with van der Waals surface area (Å²) in [6.45, 7) is 4.80. The van der Waals surface area contributed by atoms with Gasteiger partial charge in [0.15, 0.2) is 0 Å². The number of rotatable bonds is 7. The van der Waals surface area contributed by atoms with E-state index in [9.17, 15) is 14.4 Å². The van der Waals surface area contributed by atoms with Crippen molar-refractivity contribution in [2.24, 2.45) is 0 Å². The van der Waals surface area contributed by atoms with Crippen molar-refractivity contribution in [2.45, 2.75) is 32.7 Å². The quantitative estimate of drug-likeness (QED) is 0.664. The molecule has 2 aromatic rings. The molecular weight excluding hydrogens is 414 g/mol. The first kappa shape index (κ1) is 23.0. The summed E-state index contributed by atoms with van der Waals surface area (Å²) < 4.78 is 5.26. The Morgan fingerprint density at radius 2 is 1.94 bits per heavy atom. The number of thiophene rings is 1. The van der Waals surface area contributed by atoms with Crippen LogP contribution in [0.15, 0.2) is 29.6 Å². The minimum atomic E-state index is -0.462. The van der Waals surface area contributed by atoms with Crippen LogP contribution in [0.1, 0.15) is 35.7 Å². The number of anilines is 1. The number of amides is 2. The fourth-order valence-electron chi connectivity index (χ4n) is 3.75. The number of benzene rings is 1. The fourth-order valence-corrected chi connectivity index (χ4v) is 4.72. The highest BCUT2D eigenvalue weighted by molar-refractivity contribution is 7.15. The Kier molecular flexibility index (Phi) is 7.46. The average Bonchev–Trinajstić information content (AvgIpc) is 3.35. The molecule has 0 aliphatic carbocycles. The maximum absolute atomic E-state index is 12.8. The second kappa shape index (κ2) is 10.1. The van der Waals surface area contributed by atoms with Crippen LogP contribution in [0.2, 0.25) is 0 Å². The number of ether oxygens (including phenoxy) is 1. The van der Waals surface area contributed by atoms with Crippen LogP contribution in [0, 0.1) is 6.92 Å². The van der Waals surface area contributed by atoms with E-state index >= 15 is 0 Å². The number of nitrogens with zero attached hydrogens (tertiary/aromatic N) is 2. The molecule has 2 heterocycles. The summed E-state index contributed by atoms with van der Waals surface area (Å²) in [5.41, 5.74) is 3.12. The van der Waals surface area contributed by atoms with Crippen LogP contribution in [0.25, 0.3) is 11.1 Å². The van der Waals surface area contributed by atoms with Gasteiger partial charge < -0.3 is 15.0 Å². The molecule has 1 N–H and O–H groups in total. The summed E-state index contributed by atoms with van der Waals surface area (Å²) in [5.74, 6) is -0.701. The minimum absolute atomic E-state index is 0.00953. The molecule has 3 rings (SSSR count). The number of nitrogens with one attached hydrogen (secondary N) is 1. The third-order valence-corrected chi connectivity index (χ3v) is 6.22. The van der Waals surface area contributed by atoms with Crippen molar-refractivity contribution in [3.05, 3.63) is 40.8 Å². The molecule has 1 aliphatic rings. The third kappa shape index (κ3) is 5.32. The molecule has 0 bridgehead atoms. The molecule has 7 nitrogen and oxygen atoms in total. The van der Waals surface area contributed by atoms with Crippen molar-refractivity contribution < 1.29 is 19.1 Å². The maximum atomic E-state index is 12.8. The third-order valence-electron chi connectivity index (χ3n) is 5.32. The lowest BCUT2D eigenvalue weighted by Gasteiger charge is -2.25. The Morgan fingerprint density at radius 1 is 1.23 bits per heavy atom. The Morgan fingerprint density at radius 3 is 2.58 bits per heavy atom. The van der Waals surface area contributed by atoms with Gasteiger partial charge in [0, 0.05) is 25.0 Å². The maximum Gasteiger partial charge on any atom is 0.341 e. The largest absolute Gasteiger partial charge is 0.462 e. The Balaban J connectivity index is 1.80. The zero-order valence-electron chi connectivity index (χ0n) is 18.4. The highest BCUT2D eigenvalue weighted by Gasteiger charge is 2.33. The van der Waals surface area contributed by atoms with E-state index in [0.29, 0.717) is 17.1 Å². The van der Waals surface area contributed by atoms with Gasteiger partial charge in [-0.15, -0.1) is 11.3 Å². The summed E-state index contributed by atoms with van der Waals surface area (Å²) >= 11 is 1.30. The SMILES string of the molecule is CCOC(=O)c1c(-c2ccc(C)cc2)csc1NC(=O)CN1CCCC1C(=O)N(C)C. The van der Waals surface area contributed by atoms with E-state index < -0.39 is 5.97 Å². The molecule has 166 valence electrons. The van der Waals surface area contributed by atoms with Gasteiger partial charge in [-0.1, -0.05) is 29.8 Å². The van der Waals surface area contributed by atoms with E-state index in [1.165, 1.54) is 11.3 Å².